The van der Waals surface area contributed by atoms with Crippen LogP contribution in [0.5, 0.6) is 5.06 Å². The summed E-state index contributed by atoms with van der Waals surface area (Å²) in [5, 5.41) is 5.37. The summed E-state index contributed by atoms with van der Waals surface area (Å²) in [7, 11) is -1.39. The summed E-state index contributed by atoms with van der Waals surface area (Å²) in [4.78, 5) is 0.898. The second-order valence-corrected chi connectivity index (χ2v) is 6.88. The molecule has 19 heavy (non-hydrogen) atoms. The average Bonchev–Trinajstić information content (AvgIpc) is 2.73. The number of alkyl halides is 3. The fourth-order valence-corrected chi connectivity index (χ4v) is 2.94. The zero-order chi connectivity index (χ0) is 14.6. The Bertz CT molecular complexity index is 434. The van der Waals surface area contributed by atoms with Crippen LogP contribution in [0, 0.1) is 0 Å². The Morgan fingerprint density at radius 1 is 1.42 bits per heavy atom. The number of ether oxygens (including phenoxy) is 1. The molecular weight excluding hydrogens is 299 g/mol. The van der Waals surface area contributed by atoms with Crippen molar-refractivity contribution >= 4 is 22.3 Å². The van der Waals surface area contributed by atoms with Crippen LogP contribution in [0.4, 0.5) is 13.2 Å². The van der Waals surface area contributed by atoms with Crippen LogP contribution in [0.15, 0.2) is 12.1 Å². The fourth-order valence-electron chi connectivity index (χ4n) is 1.54. The van der Waals surface area contributed by atoms with Crippen molar-refractivity contribution in [3.63, 3.8) is 0 Å². The van der Waals surface area contributed by atoms with Crippen molar-refractivity contribution in [1.29, 1.82) is 0 Å². The minimum absolute atomic E-state index is 0.0794. The third-order valence-corrected chi connectivity index (χ3v) is 4.76. The van der Waals surface area contributed by atoms with Crippen molar-refractivity contribution in [2.75, 3.05) is 6.61 Å². The monoisotopic (exact) mass is 315 g/mol. The molecule has 0 amide bonds. The van der Waals surface area contributed by atoms with E-state index >= 15 is 0 Å². The molecule has 0 saturated carbocycles. The molecule has 0 aliphatic carbocycles. The third-order valence-electron chi connectivity index (χ3n) is 2.55. The molecule has 1 aromatic heterocycles. The molecule has 1 rings (SSSR count). The third kappa shape index (κ3) is 5.92. The molecule has 0 aliphatic heterocycles. The number of rotatable bonds is 6. The predicted molar refractivity (Wildman–Crippen MR) is 70.7 cm³/mol. The van der Waals surface area contributed by atoms with E-state index in [1.54, 1.807) is 13.0 Å². The second-order valence-electron chi connectivity index (χ2n) is 4.34. The van der Waals surface area contributed by atoms with Gasteiger partial charge in [0.25, 0.3) is 0 Å². The highest BCUT2D eigenvalue weighted by Crippen LogP contribution is 2.33. The highest BCUT2D eigenvalue weighted by Gasteiger charge is 2.28. The van der Waals surface area contributed by atoms with Crippen LogP contribution in [0.1, 0.15) is 31.1 Å². The molecule has 1 heterocycles. The molecular formula is C11H16F3NO2S2. The number of hydrogen-bond acceptors (Lipinski definition) is 3. The van der Waals surface area contributed by atoms with Crippen LogP contribution in [0.25, 0.3) is 0 Å². The van der Waals surface area contributed by atoms with Gasteiger partial charge in [0.05, 0.1) is 11.0 Å². The lowest BCUT2D eigenvalue weighted by Crippen LogP contribution is -2.20. The van der Waals surface area contributed by atoms with Gasteiger partial charge in [-0.15, -0.1) is 11.3 Å². The van der Waals surface area contributed by atoms with Gasteiger partial charge in [-0.05, 0) is 31.4 Å². The van der Waals surface area contributed by atoms with Gasteiger partial charge in [-0.25, -0.2) is 4.21 Å². The normalized spacial score (nSPS) is 16.9. The Labute approximate surface area is 116 Å². The molecule has 0 bridgehead atoms. The quantitative estimate of drug-likeness (QED) is 0.876. The number of hydrogen-bond donors (Lipinski definition) is 1. The fraction of sp³-hybridized carbons (Fsp3) is 0.636. The van der Waals surface area contributed by atoms with Gasteiger partial charge < -0.3 is 4.74 Å². The van der Waals surface area contributed by atoms with E-state index in [2.05, 4.69) is 4.74 Å². The van der Waals surface area contributed by atoms with E-state index in [1.807, 2.05) is 6.92 Å². The van der Waals surface area contributed by atoms with Crippen molar-refractivity contribution < 1.29 is 22.1 Å². The van der Waals surface area contributed by atoms with Crippen LogP contribution in [-0.2, 0) is 11.0 Å². The SMILES string of the molecule is CC(C[C@@H](C)c1ccc(OCC(F)(F)F)s1)S(N)=O. The van der Waals surface area contributed by atoms with E-state index in [0.29, 0.717) is 6.42 Å². The van der Waals surface area contributed by atoms with Crippen LogP contribution < -0.4 is 9.88 Å². The Hall–Kier alpha value is -0.600. The first kappa shape index (κ1) is 16.5. The smallest absolute Gasteiger partial charge is 0.422 e. The summed E-state index contributed by atoms with van der Waals surface area (Å²) in [6.07, 6.45) is -3.72. The van der Waals surface area contributed by atoms with Crippen molar-refractivity contribution in [3.05, 3.63) is 17.0 Å². The molecule has 3 atom stereocenters. The maximum Gasteiger partial charge on any atom is 0.422 e. The first-order valence-corrected chi connectivity index (χ1v) is 7.72. The summed E-state index contributed by atoms with van der Waals surface area (Å²) >= 11 is 1.17. The number of nitrogens with two attached hydrogens (primary N) is 1. The molecule has 0 saturated heterocycles. The van der Waals surface area contributed by atoms with Crippen molar-refractivity contribution in [2.24, 2.45) is 5.14 Å². The lowest BCUT2D eigenvalue weighted by atomic mass is 10.0. The summed E-state index contributed by atoms with van der Waals surface area (Å²) in [5.74, 6) is 0.0794. The maximum absolute atomic E-state index is 12.0. The Morgan fingerprint density at radius 2 is 2.05 bits per heavy atom. The highest BCUT2D eigenvalue weighted by molar-refractivity contribution is 7.83. The van der Waals surface area contributed by atoms with Gasteiger partial charge in [-0.2, -0.15) is 13.2 Å². The standard InChI is InChI=1S/C11H16F3NO2S2/c1-7(5-8(2)19(15)16)9-3-4-10(18-9)17-6-11(12,13)14/h3-4,7-8H,5-6,15H2,1-2H3/t7-,8?,19?/m1/s1. The van der Waals surface area contributed by atoms with E-state index in [0.717, 1.165) is 4.88 Å². The molecule has 2 N–H and O–H groups in total. The van der Waals surface area contributed by atoms with Crippen LogP contribution in [0.2, 0.25) is 0 Å². The van der Waals surface area contributed by atoms with Gasteiger partial charge in [0, 0.05) is 10.1 Å². The molecule has 0 aromatic carbocycles. The summed E-state index contributed by atoms with van der Waals surface area (Å²) in [5.41, 5.74) is 0. The average molecular weight is 315 g/mol. The lowest BCUT2D eigenvalue weighted by Gasteiger charge is -2.13. The van der Waals surface area contributed by atoms with Crippen LogP contribution in [0.3, 0.4) is 0 Å². The van der Waals surface area contributed by atoms with Gasteiger partial charge in [0.15, 0.2) is 11.7 Å². The summed E-state index contributed by atoms with van der Waals surface area (Å²) < 4.78 is 51.7. The minimum atomic E-state index is -4.33. The molecule has 3 nitrogen and oxygen atoms in total. The summed E-state index contributed by atoms with van der Waals surface area (Å²) in [6.45, 7) is 2.41. The highest BCUT2D eigenvalue weighted by atomic mass is 32.2. The first-order chi connectivity index (χ1) is 8.69. The molecule has 0 radical (unpaired) electrons. The molecule has 2 unspecified atom stereocenters. The minimum Gasteiger partial charge on any atom is -0.475 e. The van der Waals surface area contributed by atoms with Crippen LogP contribution in [-0.4, -0.2) is 22.2 Å². The van der Waals surface area contributed by atoms with E-state index in [9.17, 15) is 17.4 Å². The van der Waals surface area contributed by atoms with E-state index in [-0.39, 0.29) is 16.2 Å². The maximum atomic E-state index is 12.0. The molecule has 8 heteroatoms. The molecule has 0 aliphatic rings. The predicted octanol–water partition coefficient (Wildman–Crippen LogP) is 3.19. The Morgan fingerprint density at radius 3 is 2.58 bits per heavy atom. The molecule has 0 fully saturated rings. The van der Waals surface area contributed by atoms with E-state index < -0.39 is 23.8 Å². The number of thiophene rings is 1. The zero-order valence-corrected chi connectivity index (χ0v) is 12.2. The first-order valence-electron chi connectivity index (χ1n) is 5.63. The Balaban J connectivity index is 2.56. The van der Waals surface area contributed by atoms with E-state index in [4.69, 9.17) is 5.14 Å². The van der Waals surface area contributed by atoms with Gasteiger partial charge >= 0.3 is 6.18 Å². The van der Waals surface area contributed by atoms with E-state index in [1.165, 1.54) is 17.4 Å². The van der Waals surface area contributed by atoms with Gasteiger partial charge in [0.1, 0.15) is 0 Å². The topological polar surface area (TPSA) is 52.3 Å². The summed E-state index contributed by atoms with van der Waals surface area (Å²) in [6, 6.07) is 3.25. The van der Waals surface area contributed by atoms with Gasteiger partial charge in [0.2, 0.25) is 0 Å². The van der Waals surface area contributed by atoms with Crippen molar-refractivity contribution in [2.45, 2.75) is 37.6 Å². The van der Waals surface area contributed by atoms with Gasteiger partial charge in [-0.1, -0.05) is 6.92 Å². The molecule has 110 valence electrons. The lowest BCUT2D eigenvalue weighted by molar-refractivity contribution is -0.152. The van der Waals surface area contributed by atoms with Gasteiger partial charge in [-0.3, -0.25) is 5.14 Å². The molecule has 1 aromatic rings. The van der Waals surface area contributed by atoms with Crippen molar-refractivity contribution in [3.8, 4) is 5.06 Å². The Kier molecular flexibility index (Phi) is 5.82. The zero-order valence-electron chi connectivity index (χ0n) is 10.6. The number of halogens is 3. The molecule has 0 spiro atoms. The second kappa shape index (κ2) is 6.71. The van der Waals surface area contributed by atoms with Crippen LogP contribution >= 0.6 is 11.3 Å². The largest absolute Gasteiger partial charge is 0.475 e. The van der Waals surface area contributed by atoms with Crippen molar-refractivity contribution in [1.82, 2.24) is 0 Å².